The summed E-state index contributed by atoms with van der Waals surface area (Å²) in [6.07, 6.45) is 3.99. The van der Waals surface area contributed by atoms with Gasteiger partial charge in [0.25, 0.3) is 0 Å². The maximum absolute atomic E-state index is 12.6. The molecule has 1 fully saturated rings. The lowest BCUT2D eigenvalue weighted by Gasteiger charge is -2.32. The SMILES string of the molecule is CCCCN(CCCC)C(=O)N(C)C1COCC1C(=O)O. The number of unbranched alkanes of at least 4 members (excludes halogenated alkanes) is 2. The fourth-order valence-corrected chi connectivity index (χ4v) is 2.53. The number of carbonyl (C=O) groups excluding carboxylic acids is 1. The molecule has 0 aromatic rings. The number of nitrogens with zero attached hydrogens (tertiary/aromatic N) is 2. The lowest BCUT2D eigenvalue weighted by Crippen LogP contribution is -2.50. The first-order valence-corrected chi connectivity index (χ1v) is 7.85. The summed E-state index contributed by atoms with van der Waals surface area (Å²) in [5.41, 5.74) is 0. The van der Waals surface area contributed by atoms with Crippen molar-refractivity contribution < 1.29 is 19.4 Å². The van der Waals surface area contributed by atoms with E-state index in [1.165, 1.54) is 0 Å². The van der Waals surface area contributed by atoms with Crippen molar-refractivity contribution >= 4 is 12.0 Å². The van der Waals surface area contributed by atoms with E-state index in [1.54, 1.807) is 11.9 Å². The predicted octanol–water partition coefficient (Wildman–Crippen LogP) is 2.04. The minimum Gasteiger partial charge on any atom is -0.481 e. The summed E-state index contributed by atoms with van der Waals surface area (Å²) in [5.74, 6) is -1.52. The van der Waals surface area contributed by atoms with Gasteiger partial charge < -0.3 is 19.6 Å². The van der Waals surface area contributed by atoms with Crippen LogP contribution in [-0.2, 0) is 9.53 Å². The normalized spacial score (nSPS) is 21.3. The highest BCUT2D eigenvalue weighted by atomic mass is 16.5. The standard InChI is InChI=1S/C15H28N2O4/c1-4-6-8-17(9-7-5-2)15(20)16(3)13-11-21-10-12(13)14(18)19/h12-13H,4-11H2,1-3H3,(H,18,19). The third-order valence-electron chi connectivity index (χ3n) is 4.00. The summed E-state index contributed by atoms with van der Waals surface area (Å²) in [4.78, 5) is 27.2. The molecule has 1 aliphatic heterocycles. The number of carboxylic acid groups (broad SMARTS) is 1. The molecule has 1 N–H and O–H groups in total. The molecule has 0 saturated carbocycles. The molecule has 0 aromatic carbocycles. The molecular formula is C15H28N2O4. The quantitative estimate of drug-likeness (QED) is 0.744. The summed E-state index contributed by atoms with van der Waals surface area (Å²) in [6, 6.07) is -0.459. The zero-order chi connectivity index (χ0) is 15.8. The second-order valence-corrected chi connectivity index (χ2v) is 5.64. The molecule has 0 aliphatic carbocycles. The van der Waals surface area contributed by atoms with Gasteiger partial charge in [-0.1, -0.05) is 26.7 Å². The molecule has 122 valence electrons. The van der Waals surface area contributed by atoms with Crippen LogP contribution in [0.5, 0.6) is 0 Å². The fourth-order valence-electron chi connectivity index (χ4n) is 2.53. The second-order valence-electron chi connectivity index (χ2n) is 5.64. The first-order chi connectivity index (χ1) is 10.0. The molecular weight excluding hydrogens is 272 g/mol. The molecule has 0 spiro atoms. The van der Waals surface area contributed by atoms with Crippen molar-refractivity contribution in [2.75, 3.05) is 33.4 Å². The summed E-state index contributed by atoms with van der Waals surface area (Å²) in [5, 5.41) is 9.20. The van der Waals surface area contributed by atoms with Crippen molar-refractivity contribution in [1.29, 1.82) is 0 Å². The molecule has 1 rings (SSSR count). The second kappa shape index (κ2) is 8.87. The lowest BCUT2D eigenvalue weighted by atomic mass is 10.0. The fraction of sp³-hybridized carbons (Fsp3) is 0.867. The van der Waals surface area contributed by atoms with Crippen LogP contribution in [0.2, 0.25) is 0 Å². The number of likely N-dealkylation sites (N-methyl/N-ethyl adjacent to an activating group) is 1. The first-order valence-electron chi connectivity index (χ1n) is 7.85. The Hall–Kier alpha value is -1.30. The van der Waals surface area contributed by atoms with Crippen molar-refractivity contribution in [3.63, 3.8) is 0 Å². The molecule has 1 aliphatic rings. The van der Waals surface area contributed by atoms with Crippen molar-refractivity contribution in [3.05, 3.63) is 0 Å². The third-order valence-corrected chi connectivity index (χ3v) is 4.00. The minimum atomic E-state index is -0.897. The van der Waals surface area contributed by atoms with Crippen LogP contribution < -0.4 is 0 Å². The van der Waals surface area contributed by atoms with Gasteiger partial charge in [-0.2, -0.15) is 0 Å². The molecule has 2 unspecified atom stereocenters. The smallest absolute Gasteiger partial charge is 0.320 e. The van der Waals surface area contributed by atoms with Gasteiger partial charge in [0.2, 0.25) is 0 Å². The Morgan fingerprint density at radius 2 is 1.71 bits per heavy atom. The molecule has 0 aromatic heterocycles. The Kier molecular flexibility index (Phi) is 7.50. The van der Waals surface area contributed by atoms with Crippen LogP contribution in [0.3, 0.4) is 0 Å². The van der Waals surface area contributed by atoms with Gasteiger partial charge in [0.05, 0.1) is 19.3 Å². The average molecular weight is 300 g/mol. The van der Waals surface area contributed by atoms with E-state index in [0.29, 0.717) is 6.61 Å². The minimum absolute atomic E-state index is 0.0846. The highest BCUT2D eigenvalue weighted by Crippen LogP contribution is 2.20. The summed E-state index contributed by atoms with van der Waals surface area (Å²) in [7, 11) is 1.68. The van der Waals surface area contributed by atoms with Gasteiger partial charge in [-0.05, 0) is 12.8 Å². The largest absolute Gasteiger partial charge is 0.481 e. The number of rotatable bonds is 8. The summed E-state index contributed by atoms with van der Waals surface area (Å²) < 4.78 is 5.25. The van der Waals surface area contributed by atoms with Gasteiger partial charge in [0, 0.05) is 20.1 Å². The van der Waals surface area contributed by atoms with Crippen LogP contribution >= 0.6 is 0 Å². The van der Waals surface area contributed by atoms with Gasteiger partial charge in [0.1, 0.15) is 5.92 Å². The summed E-state index contributed by atoms with van der Waals surface area (Å²) in [6.45, 7) is 6.13. The van der Waals surface area contributed by atoms with Crippen molar-refractivity contribution in [2.45, 2.75) is 45.6 Å². The van der Waals surface area contributed by atoms with Crippen LogP contribution in [-0.4, -0.2) is 66.3 Å². The zero-order valence-electron chi connectivity index (χ0n) is 13.4. The van der Waals surface area contributed by atoms with Gasteiger partial charge in [0.15, 0.2) is 0 Å². The van der Waals surface area contributed by atoms with E-state index in [9.17, 15) is 14.7 Å². The lowest BCUT2D eigenvalue weighted by molar-refractivity contribution is -0.142. The molecule has 1 heterocycles. The summed E-state index contributed by atoms with van der Waals surface area (Å²) >= 11 is 0. The molecule has 21 heavy (non-hydrogen) atoms. The Bertz CT molecular complexity index is 341. The van der Waals surface area contributed by atoms with Crippen molar-refractivity contribution in [2.24, 2.45) is 5.92 Å². The molecule has 2 amide bonds. The van der Waals surface area contributed by atoms with Crippen LogP contribution in [0.15, 0.2) is 0 Å². The van der Waals surface area contributed by atoms with E-state index >= 15 is 0 Å². The molecule has 0 bridgehead atoms. The van der Waals surface area contributed by atoms with Crippen LogP contribution in [0, 0.1) is 5.92 Å². The number of amides is 2. The van der Waals surface area contributed by atoms with E-state index in [4.69, 9.17) is 4.74 Å². The van der Waals surface area contributed by atoms with E-state index in [0.717, 1.165) is 38.8 Å². The number of hydrogen-bond donors (Lipinski definition) is 1. The van der Waals surface area contributed by atoms with Crippen molar-refractivity contribution in [1.82, 2.24) is 9.80 Å². The first kappa shape index (κ1) is 17.8. The molecule has 6 heteroatoms. The highest BCUT2D eigenvalue weighted by molar-refractivity contribution is 5.77. The molecule has 0 radical (unpaired) electrons. The number of carboxylic acids is 1. The Morgan fingerprint density at radius 1 is 1.14 bits per heavy atom. The topological polar surface area (TPSA) is 70.1 Å². The number of hydrogen-bond acceptors (Lipinski definition) is 3. The zero-order valence-corrected chi connectivity index (χ0v) is 13.4. The Labute approximate surface area is 127 Å². The van der Waals surface area contributed by atoms with Crippen LogP contribution in [0.1, 0.15) is 39.5 Å². The van der Waals surface area contributed by atoms with Crippen LogP contribution in [0.25, 0.3) is 0 Å². The van der Waals surface area contributed by atoms with E-state index < -0.39 is 11.9 Å². The maximum Gasteiger partial charge on any atom is 0.320 e. The predicted molar refractivity (Wildman–Crippen MR) is 80.3 cm³/mol. The van der Waals surface area contributed by atoms with E-state index in [1.807, 2.05) is 4.90 Å². The molecule has 1 saturated heterocycles. The monoisotopic (exact) mass is 300 g/mol. The van der Waals surface area contributed by atoms with Crippen molar-refractivity contribution in [3.8, 4) is 0 Å². The number of urea groups is 1. The Balaban J connectivity index is 2.69. The van der Waals surface area contributed by atoms with Gasteiger partial charge in [-0.25, -0.2) is 4.79 Å². The molecule has 6 nitrogen and oxygen atoms in total. The van der Waals surface area contributed by atoms with Gasteiger partial charge in [-0.3, -0.25) is 4.79 Å². The van der Waals surface area contributed by atoms with Crippen LogP contribution in [0.4, 0.5) is 4.79 Å². The number of ether oxygens (including phenoxy) is 1. The van der Waals surface area contributed by atoms with Gasteiger partial charge >= 0.3 is 12.0 Å². The van der Waals surface area contributed by atoms with Gasteiger partial charge in [-0.15, -0.1) is 0 Å². The highest BCUT2D eigenvalue weighted by Gasteiger charge is 2.39. The number of aliphatic carboxylic acids is 1. The number of carbonyl (C=O) groups is 2. The third kappa shape index (κ3) is 4.88. The Morgan fingerprint density at radius 3 is 2.19 bits per heavy atom. The molecule has 2 atom stereocenters. The average Bonchev–Trinajstić information content (AvgIpc) is 2.95. The van der Waals surface area contributed by atoms with E-state index in [2.05, 4.69) is 13.8 Å². The van der Waals surface area contributed by atoms with E-state index in [-0.39, 0.29) is 18.7 Å². The maximum atomic E-state index is 12.6.